The molecule has 1 aliphatic heterocycles. The van der Waals surface area contributed by atoms with Crippen LogP contribution in [-0.2, 0) is 14.3 Å². The SMILES string of the molecule is COCCOC(=O)C1=C(C)NC(C)=C([NH+]([O-])O)C1c1cccc([NH+]([O-])O)c1. The van der Waals surface area contributed by atoms with Crippen molar-refractivity contribution in [1.29, 1.82) is 0 Å². The van der Waals surface area contributed by atoms with Gasteiger partial charge in [0.25, 0.3) is 0 Å². The average molecular weight is 381 g/mol. The van der Waals surface area contributed by atoms with Crippen LogP contribution in [0.4, 0.5) is 5.69 Å². The van der Waals surface area contributed by atoms with Crippen molar-refractivity contribution in [1.82, 2.24) is 5.32 Å². The zero-order valence-electron chi connectivity index (χ0n) is 15.2. The molecule has 0 saturated heterocycles. The number of carbonyl (C=O) groups is 1. The number of nitrogens with one attached hydrogen (secondary N) is 3. The summed E-state index contributed by atoms with van der Waals surface area (Å²) in [6.07, 6.45) is 0. The van der Waals surface area contributed by atoms with E-state index in [0.717, 1.165) is 0 Å². The third kappa shape index (κ3) is 4.70. The summed E-state index contributed by atoms with van der Waals surface area (Å²) in [5.41, 5.74) is 1.28. The molecule has 0 aliphatic carbocycles. The van der Waals surface area contributed by atoms with Crippen molar-refractivity contribution in [2.45, 2.75) is 19.8 Å². The predicted octanol–water partition coefficient (Wildman–Crippen LogP) is -0.756. The van der Waals surface area contributed by atoms with Crippen LogP contribution in [0.3, 0.4) is 0 Å². The molecule has 3 atom stereocenters. The third-order valence-electron chi connectivity index (χ3n) is 4.20. The van der Waals surface area contributed by atoms with Gasteiger partial charge in [-0.05, 0) is 19.4 Å². The second kappa shape index (κ2) is 9.06. The number of ether oxygens (including phenoxy) is 2. The Morgan fingerprint density at radius 3 is 2.48 bits per heavy atom. The Morgan fingerprint density at radius 1 is 1.19 bits per heavy atom. The fraction of sp³-hybridized carbons (Fsp3) is 0.353. The van der Waals surface area contributed by atoms with Gasteiger partial charge in [-0.1, -0.05) is 12.1 Å². The number of hydroxylamine groups is 2. The van der Waals surface area contributed by atoms with Gasteiger partial charge in [0.15, 0.2) is 11.4 Å². The van der Waals surface area contributed by atoms with Gasteiger partial charge in [-0.2, -0.15) is 10.5 Å². The maximum atomic E-state index is 12.7. The fourth-order valence-electron chi connectivity index (χ4n) is 3.03. The third-order valence-corrected chi connectivity index (χ3v) is 4.20. The molecule has 2 rings (SSSR count). The van der Waals surface area contributed by atoms with Crippen LogP contribution >= 0.6 is 0 Å². The minimum absolute atomic E-state index is 0.00169. The number of methoxy groups -OCH3 is 1. The molecule has 1 aromatic rings. The minimum Gasteiger partial charge on any atom is -0.595 e. The Hall–Kier alpha value is -2.31. The van der Waals surface area contributed by atoms with Gasteiger partial charge >= 0.3 is 5.97 Å². The Morgan fingerprint density at radius 2 is 1.89 bits per heavy atom. The summed E-state index contributed by atoms with van der Waals surface area (Å²) in [6.45, 7) is 3.45. The highest BCUT2D eigenvalue weighted by Gasteiger charge is 2.38. The summed E-state index contributed by atoms with van der Waals surface area (Å²) >= 11 is 0. The fourth-order valence-corrected chi connectivity index (χ4v) is 3.03. The second-order valence-corrected chi connectivity index (χ2v) is 6.00. The van der Waals surface area contributed by atoms with Crippen molar-refractivity contribution in [2.75, 3.05) is 20.3 Å². The quantitative estimate of drug-likeness (QED) is 0.236. The van der Waals surface area contributed by atoms with Gasteiger partial charge < -0.3 is 25.2 Å². The summed E-state index contributed by atoms with van der Waals surface area (Å²) < 4.78 is 10.1. The average Bonchev–Trinajstić information content (AvgIpc) is 2.60. The smallest absolute Gasteiger partial charge is 0.337 e. The molecular formula is C17H23N3O7. The Balaban J connectivity index is 2.54. The number of carbonyl (C=O) groups excluding carboxylic acids is 1. The molecular weight excluding hydrogens is 358 g/mol. The predicted molar refractivity (Wildman–Crippen MR) is 92.4 cm³/mol. The lowest BCUT2D eigenvalue weighted by atomic mass is 9.84. The number of quaternary nitrogens is 2. The number of esters is 1. The Labute approximate surface area is 156 Å². The molecule has 3 unspecified atom stereocenters. The molecule has 148 valence electrons. The molecule has 10 nitrogen and oxygen atoms in total. The van der Waals surface area contributed by atoms with Crippen LogP contribution in [0.1, 0.15) is 25.3 Å². The first-order valence-electron chi connectivity index (χ1n) is 8.19. The molecule has 0 radical (unpaired) electrons. The standard InChI is InChI=1S/C17H23N3O7/c1-10-14(17(21)27-8-7-26-3)15(16(20(24)25)11(2)18-10)12-5-4-6-13(9-12)19(22)23/h4-6,9,15,18-20,22,24H,7-8H2,1-3H3. The Kier molecular flexibility index (Phi) is 7.05. The van der Waals surface area contributed by atoms with Gasteiger partial charge in [-0.3, -0.25) is 0 Å². The topological polar surface area (TPSA) is 143 Å². The van der Waals surface area contributed by atoms with E-state index in [9.17, 15) is 25.6 Å². The largest absolute Gasteiger partial charge is 0.595 e. The molecule has 27 heavy (non-hydrogen) atoms. The minimum atomic E-state index is -1.21. The maximum absolute atomic E-state index is 12.7. The van der Waals surface area contributed by atoms with Crippen molar-refractivity contribution in [3.05, 3.63) is 62.9 Å². The van der Waals surface area contributed by atoms with E-state index in [1.54, 1.807) is 19.9 Å². The normalized spacial score (nSPS) is 19.6. The van der Waals surface area contributed by atoms with Crippen molar-refractivity contribution >= 4 is 11.7 Å². The molecule has 0 bridgehead atoms. The molecule has 0 aromatic heterocycles. The first-order valence-corrected chi connectivity index (χ1v) is 8.19. The monoisotopic (exact) mass is 381 g/mol. The Bertz CT molecular complexity index is 759. The van der Waals surface area contributed by atoms with E-state index in [0.29, 0.717) is 17.0 Å². The van der Waals surface area contributed by atoms with Crippen LogP contribution in [0, 0.1) is 10.4 Å². The number of hydrogen-bond acceptors (Lipinski definition) is 8. The van der Waals surface area contributed by atoms with Gasteiger partial charge in [0.05, 0.1) is 23.8 Å². The molecule has 0 fully saturated rings. The second-order valence-electron chi connectivity index (χ2n) is 6.00. The van der Waals surface area contributed by atoms with Crippen molar-refractivity contribution in [2.24, 2.45) is 0 Å². The highest BCUT2D eigenvalue weighted by Crippen LogP contribution is 2.36. The van der Waals surface area contributed by atoms with E-state index in [1.807, 2.05) is 0 Å². The molecule has 1 heterocycles. The maximum Gasteiger partial charge on any atom is 0.337 e. The van der Waals surface area contributed by atoms with Gasteiger partial charge in [0, 0.05) is 24.9 Å². The summed E-state index contributed by atoms with van der Waals surface area (Å²) in [7, 11) is 1.47. The number of allylic oxidation sites excluding steroid dienone is 3. The zero-order chi connectivity index (χ0) is 20.1. The summed E-state index contributed by atoms with van der Waals surface area (Å²) in [6, 6.07) is 5.87. The van der Waals surface area contributed by atoms with Gasteiger partial charge in [-0.25, -0.2) is 15.2 Å². The lowest BCUT2D eigenvalue weighted by Crippen LogP contribution is -3.03. The first-order chi connectivity index (χ1) is 12.8. The van der Waals surface area contributed by atoms with E-state index in [1.165, 1.54) is 25.3 Å². The summed E-state index contributed by atoms with van der Waals surface area (Å²) in [5.74, 6) is -1.65. The van der Waals surface area contributed by atoms with Crippen molar-refractivity contribution in [3.63, 3.8) is 0 Å². The molecule has 1 aromatic carbocycles. The first kappa shape index (κ1) is 21.0. The van der Waals surface area contributed by atoms with E-state index in [2.05, 4.69) is 5.32 Å². The summed E-state index contributed by atoms with van der Waals surface area (Å²) in [5, 5.41) is 42.7. The van der Waals surface area contributed by atoms with Crippen LogP contribution in [0.25, 0.3) is 0 Å². The van der Waals surface area contributed by atoms with Crippen LogP contribution in [0.5, 0.6) is 0 Å². The zero-order valence-corrected chi connectivity index (χ0v) is 15.2. The van der Waals surface area contributed by atoms with Gasteiger partial charge in [-0.15, -0.1) is 0 Å². The van der Waals surface area contributed by atoms with E-state index in [-0.39, 0.29) is 30.2 Å². The molecule has 0 saturated carbocycles. The van der Waals surface area contributed by atoms with Gasteiger partial charge in [0.1, 0.15) is 6.61 Å². The lowest BCUT2D eigenvalue weighted by molar-refractivity contribution is -1.02. The summed E-state index contributed by atoms with van der Waals surface area (Å²) in [4.78, 5) is 12.7. The number of dihydropyridines is 1. The molecule has 0 spiro atoms. The molecule has 10 heteroatoms. The van der Waals surface area contributed by atoms with Crippen LogP contribution in [0.15, 0.2) is 46.9 Å². The van der Waals surface area contributed by atoms with Crippen LogP contribution in [-0.4, -0.2) is 36.7 Å². The van der Waals surface area contributed by atoms with E-state index >= 15 is 0 Å². The van der Waals surface area contributed by atoms with Crippen molar-refractivity contribution < 1.29 is 35.1 Å². The lowest BCUT2D eigenvalue weighted by Gasteiger charge is -2.32. The van der Waals surface area contributed by atoms with Gasteiger partial charge in [0.2, 0.25) is 0 Å². The van der Waals surface area contributed by atoms with Crippen LogP contribution < -0.4 is 15.8 Å². The van der Waals surface area contributed by atoms with E-state index in [4.69, 9.17) is 9.47 Å². The van der Waals surface area contributed by atoms with E-state index < -0.39 is 22.3 Å². The molecule has 0 amide bonds. The number of rotatable bonds is 7. The number of benzene rings is 1. The highest BCUT2D eigenvalue weighted by molar-refractivity contribution is 5.92. The van der Waals surface area contributed by atoms with Crippen LogP contribution in [0.2, 0.25) is 0 Å². The van der Waals surface area contributed by atoms with Crippen molar-refractivity contribution in [3.8, 4) is 0 Å². The molecule has 1 aliphatic rings. The molecule has 5 N–H and O–H groups in total. The number of hydrogen-bond donors (Lipinski definition) is 5. The highest BCUT2D eigenvalue weighted by atomic mass is 16.8.